The SMILES string of the molecule is Cc1cccc(C)c1-c1ccnc2cc(O[C@H](C)C(=O)N3CC(N)C3)ccc12. The third kappa shape index (κ3) is 3.34. The average molecular weight is 375 g/mol. The summed E-state index contributed by atoms with van der Waals surface area (Å²) in [5.41, 5.74) is 11.5. The number of nitrogens with zero attached hydrogens (tertiary/aromatic N) is 2. The molecule has 144 valence electrons. The van der Waals surface area contributed by atoms with Crippen LogP contribution in [0.5, 0.6) is 5.75 Å². The fourth-order valence-electron chi connectivity index (χ4n) is 3.86. The minimum absolute atomic E-state index is 0.0287. The Labute approximate surface area is 165 Å². The van der Waals surface area contributed by atoms with Gasteiger partial charge < -0.3 is 15.4 Å². The Morgan fingerprint density at radius 2 is 1.89 bits per heavy atom. The van der Waals surface area contributed by atoms with E-state index in [9.17, 15) is 4.79 Å². The number of ether oxygens (including phenoxy) is 1. The van der Waals surface area contributed by atoms with Crippen LogP contribution in [0.2, 0.25) is 0 Å². The molecule has 2 N–H and O–H groups in total. The maximum absolute atomic E-state index is 12.4. The number of likely N-dealkylation sites (tertiary alicyclic amines) is 1. The molecule has 5 nitrogen and oxygen atoms in total. The summed E-state index contributed by atoms with van der Waals surface area (Å²) >= 11 is 0. The van der Waals surface area contributed by atoms with E-state index in [-0.39, 0.29) is 11.9 Å². The van der Waals surface area contributed by atoms with Gasteiger partial charge in [0, 0.05) is 36.8 Å². The predicted molar refractivity (Wildman–Crippen MR) is 111 cm³/mol. The molecule has 0 bridgehead atoms. The van der Waals surface area contributed by atoms with Gasteiger partial charge in [-0.15, -0.1) is 0 Å². The van der Waals surface area contributed by atoms with Gasteiger partial charge in [0.1, 0.15) is 5.75 Å². The highest BCUT2D eigenvalue weighted by Gasteiger charge is 2.31. The first-order chi connectivity index (χ1) is 13.4. The smallest absolute Gasteiger partial charge is 0.263 e. The number of aromatic nitrogens is 1. The summed E-state index contributed by atoms with van der Waals surface area (Å²) in [6.45, 7) is 7.23. The van der Waals surface area contributed by atoms with Crippen LogP contribution in [-0.4, -0.2) is 41.0 Å². The lowest BCUT2D eigenvalue weighted by Gasteiger charge is -2.38. The highest BCUT2D eigenvalue weighted by atomic mass is 16.5. The molecular formula is C23H25N3O2. The number of pyridine rings is 1. The van der Waals surface area contributed by atoms with Gasteiger partial charge in [-0.2, -0.15) is 0 Å². The zero-order valence-electron chi connectivity index (χ0n) is 16.5. The van der Waals surface area contributed by atoms with Crippen molar-refractivity contribution in [3.63, 3.8) is 0 Å². The van der Waals surface area contributed by atoms with Crippen molar-refractivity contribution in [2.75, 3.05) is 13.1 Å². The predicted octanol–water partition coefficient (Wildman–Crippen LogP) is 3.46. The number of rotatable bonds is 4. The Balaban J connectivity index is 1.63. The molecule has 0 unspecified atom stereocenters. The maximum Gasteiger partial charge on any atom is 0.263 e. The molecule has 5 heteroatoms. The van der Waals surface area contributed by atoms with E-state index in [1.54, 1.807) is 11.8 Å². The summed E-state index contributed by atoms with van der Waals surface area (Å²) in [6, 6.07) is 14.3. The Bertz CT molecular complexity index is 1020. The summed E-state index contributed by atoms with van der Waals surface area (Å²) in [7, 11) is 0. The average Bonchev–Trinajstić information content (AvgIpc) is 2.64. The molecule has 1 saturated heterocycles. The number of amides is 1. The van der Waals surface area contributed by atoms with Crippen LogP contribution in [0.25, 0.3) is 22.0 Å². The Kier molecular flexibility index (Phi) is 4.77. The summed E-state index contributed by atoms with van der Waals surface area (Å²) < 4.78 is 5.90. The van der Waals surface area contributed by atoms with Crippen molar-refractivity contribution in [2.24, 2.45) is 5.73 Å². The molecule has 1 aromatic heterocycles. The van der Waals surface area contributed by atoms with Gasteiger partial charge >= 0.3 is 0 Å². The van der Waals surface area contributed by atoms with Crippen LogP contribution in [0.3, 0.4) is 0 Å². The maximum atomic E-state index is 12.4. The van der Waals surface area contributed by atoms with Crippen LogP contribution in [0.1, 0.15) is 18.1 Å². The largest absolute Gasteiger partial charge is 0.481 e. The first-order valence-electron chi connectivity index (χ1n) is 9.60. The molecule has 0 spiro atoms. The van der Waals surface area contributed by atoms with E-state index in [1.807, 2.05) is 24.4 Å². The minimum Gasteiger partial charge on any atom is -0.481 e. The summed E-state index contributed by atoms with van der Waals surface area (Å²) in [6.07, 6.45) is 1.27. The molecule has 0 aliphatic carbocycles. The van der Waals surface area contributed by atoms with Crippen molar-refractivity contribution in [3.05, 3.63) is 59.8 Å². The Hall–Kier alpha value is -2.92. The lowest BCUT2D eigenvalue weighted by Crippen LogP contribution is -2.60. The van der Waals surface area contributed by atoms with E-state index in [1.165, 1.54) is 16.7 Å². The third-order valence-corrected chi connectivity index (χ3v) is 5.35. The van der Waals surface area contributed by atoms with Crippen LogP contribution >= 0.6 is 0 Å². The molecule has 0 radical (unpaired) electrons. The van der Waals surface area contributed by atoms with Gasteiger partial charge in [0.15, 0.2) is 6.10 Å². The standard InChI is InChI=1S/C23H25N3O2/c1-14-5-4-6-15(2)22(14)20-9-10-25-21-11-18(7-8-19(20)21)28-16(3)23(27)26-12-17(24)13-26/h4-11,16-17H,12-13,24H2,1-3H3/t16-/m1/s1. The van der Waals surface area contributed by atoms with Gasteiger partial charge in [-0.25, -0.2) is 0 Å². The van der Waals surface area contributed by atoms with Crippen molar-refractivity contribution in [3.8, 4) is 16.9 Å². The van der Waals surface area contributed by atoms with E-state index in [2.05, 4.69) is 43.1 Å². The van der Waals surface area contributed by atoms with E-state index in [4.69, 9.17) is 10.5 Å². The van der Waals surface area contributed by atoms with Crippen molar-refractivity contribution < 1.29 is 9.53 Å². The molecule has 1 aliphatic rings. The van der Waals surface area contributed by atoms with Crippen LogP contribution in [0.4, 0.5) is 0 Å². The Morgan fingerprint density at radius 1 is 1.18 bits per heavy atom. The molecule has 4 rings (SSSR count). The third-order valence-electron chi connectivity index (χ3n) is 5.35. The second-order valence-electron chi connectivity index (χ2n) is 7.57. The fourth-order valence-corrected chi connectivity index (χ4v) is 3.86. The van der Waals surface area contributed by atoms with Crippen LogP contribution in [-0.2, 0) is 4.79 Å². The van der Waals surface area contributed by atoms with Gasteiger partial charge in [-0.3, -0.25) is 9.78 Å². The van der Waals surface area contributed by atoms with Gasteiger partial charge in [0.25, 0.3) is 5.91 Å². The first-order valence-corrected chi connectivity index (χ1v) is 9.60. The monoisotopic (exact) mass is 375 g/mol. The van der Waals surface area contributed by atoms with Crippen molar-refractivity contribution in [1.29, 1.82) is 0 Å². The van der Waals surface area contributed by atoms with E-state index in [0.717, 1.165) is 16.5 Å². The Morgan fingerprint density at radius 3 is 2.57 bits per heavy atom. The first kappa shape index (κ1) is 18.4. The van der Waals surface area contributed by atoms with Crippen molar-refractivity contribution >= 4 is 16.8 Å². The second kappa shape index (κ2) is 7.24. The van der Waals surface area contributed by atoms with Crippen molar-refractivity contribution in [1.82, 2.24) is 9.88 Å². The molecule has 28 heavy (non-hydrogen) atoms. The lowest BCUT2D eigenvalue weighted by atomic mass is 9.93. The van der Waals surface area contributed by atoms with Gasteiger partial charge in [-0.1, -0.05) is 18.2 Å². The number of aryl methyl sites for hydroxylation is 2. The van der Waals surface area contributed by atoms with Crippen LogP contribution in [0, 0.1) is 13.8 Å². The zero-order valence-corrected chi connectivity index (χ0v) is 16.5. The fraction of sp³-hybridized carbons (Fsp3) is 0.304. The molecule has 2 aromatic carbocycles. The highest BCUT2D eigenvalue weighted by molar-refractivity contribution is 5.96. The molecule has 3 aromatic rings. The molecule has 0 saturated carbocycles. The van der Waals surface area contributed by atoms with Crippen LogP contribution in [0.15, 0.2) is 48.7 Å². The van der Waals surface area contributed by atoms with E-state index < -0.39 is 6.10 Å². The number of hydrogen-bond acceptors (Lipinski definition) is 4. The number of benzene rings is 2. The molecule has 1 amide bonds. The summed E-state index contributed by atoms with van der Waals surface area (Å²) in [4.78, 5) is 18.6. The van der Waals surface area contributed by atoms with E-state index in [0.29, 0.717) is 18.8 Å². The topological polar surface area (TPSA) is 68.5 Å². The van der Waals surface area contributed by atoms with Gasteiger partial charge in [-0.05, 0) is 61.2 Å². The quantitative estimate of drug-likeness (QED) is 0.758. The van der Waals surface area contributed by atoms with Gasteiger partial charge in [0.2, 0.25) is 0 Å². The zero-order chi connectivity index (χ0) is 19.8. The number of nitrogens with two attached hydrogens (primary N) is 1. The number of carbonyl (C=O) groups is 1. The summed E-state index contributed by atoms with van der Waals surface area (Å²) in [5.74, 6) is 0.614. The molecular weight excluding hydrogens is 350 g/mol. The number of carbonyl (C=O) groups excluding carboxylic acids is 1. The van der Waals surface area contributed by atoms with E-state index >= 15 is 0 Å². The number of fused-ring (bicyclic) bond motifs is 1. The number of hydrogen-bond donors (Lipinski definition) is 1. The molecule has 1 atom stereocenters. The minimum atomic E-state index is -0.549. The lowest BCUT2D eigenvalue weighted by molar-refractivity contribution is -0.142. The summed E-state index contributed by atoms with van der Waals surface area (Å²) in [5, 5.41) is 1.07. The highest BCUT2D eigenvalue weighted by Crippen LogP contribution is 2.33. The van der Waals surface area contributed by atoms with Crippen LogP contribution < -0.4 is 10.5 Å². The van der Waals surface area contributed by atoms with Crippen molar-refractivity contribution in [2.45, 2.75) is 32.9 Å². The second-order valence-corrected chi connectivity index (χ2v) is 7.57. The molecule has 2 heterocycles. The molecule has 1 fully saturated rings. The normalized spacial score (nSPS) is 15.4. The van der Waals surface area contributed by atoms with Gasteiger partial charge in [0.05, 0.1) is 5.52 Å². The molecule has 1 aliphatic heterocycles.